The molecule has 1 aromatic heterocycles. The Labute approximate surface area is 204 Å². The number of nitrogens with zero attached hydrogens (tertiary/aromatic N) is 4. The summed E-state index contributed by atoms with van der Waals surface area (Å²) in [6.45, 7) is 2.76. The van der Waals surface area contributed by atoms with E-state index in [1.54, 1.807) is 17.0 Å². The summed E-state index contributed by atoms with van der Waals surface area (Å²) in [4.78, 5) is 14.9. The van der Waals surface area contributed by atoms with Gasteiger partial charge in [-0.2, -0.15) is 4.31 Å². The molecule has 35 heavy (non-hydrogen) atoms. The van der Waals surface area contributed by atoms with Gasteiger partial charge in [-0.05, 0) is 55.0 Å². The molecule has 184 valence electrons. The van der Waals surface area contributed by atoms with Crippen LogP contribution >= 0.6 is 0 Å². The zero-order chi connectivity index (χ0) is 24.3. The number of ether oxygens (including phenoxy) is 1. The van der Waals surface area contributed by atoms with Crippen LogP contribution in [0.1, 0.15) is 29.1 Å². The van der Waals surface area contributed by atoms with Crippen molar-refractivity contribution in [1.82, 2.24) is 19.4 Å². The number of morpholine rings is 1. The zero-order valence-electron chi connectivity index (χ0n) is 19.4. The molecule has 2 aromatic carbocycles. The third kappa shape index (κ3) is 5.29. The largest absolute Gasteiger partial charge is 0.412 e. The van der Waals surface area contributed by atoms with Gasteiger partial charge in [-0.1, -0.05) is 30.3 Å². The van der Waals surface area contributed by atoms with E-state index in [-0.39, 0.29) is 22.6 Å². The van der Waals surface area contributed by atoms with Crippen molar-refractivity contribution in [2.24, 2.45) is 5.92 Å². The highest BCUT2D eigenvalue weighted by molar-refractivity contribution is 7.89. The maximum atomic E-state index is 12.9. The van der Waals surface area contributed by atoms with E-state index in [0.717, 1.165) is 19.3 Å². The molecule has 2 saturated heterocycles. The highest BCUT2D eigenvalue weighted by Gasteiger charge is 2.28. The second-order valence-corrected chi connectivity index (χ2v) is 10.8. The van der Waals surface area contributed by atoms with Crippen molar-refractivity contribution in [2.75, 3.05) is 39.4 Å². The first-order valence-corrected chi connectivity index (χ1v) is 13.3. The van der Waals surface area contributed by atoms with Crippen LogP contribution in [0.4, 0.5) is 0 Å². The summed E-state index contributed by atoms with van der Waals surface area (Å²) in [7, 11) is -3.58. The van der Waals surface area contributed by atoms with Crippen LogP contribution in [-0.4, -0.2) is 73.1 Å². The minimum Gasteiger partial charge on any atom is -0.412 e. The second-order valence-electron chi connectivity index (χ2n) is 8.88. The van der Waals surface area contributed by atoms with Gasteiger partial charge in [-0.15, -0.1) is 10.2 Å². The van der Waals surface area contributed by atoms with Crippen molar-refractivity contribution < 1.29 is 22.4 Å². The highest BCUT2D eigenvalue weighted by Crippen LogP contribution is 2.25. The lowest BCUT2D eigenvalue weighted by Gasteiger charge is -2.31. The van der Waals surface area contributed by atoms with Gasteiger partial charge in [0, 0.05) is 31.7 Å². The van der Waals surface area contributed by atoms with Gasteiger partial charge in [0.25, 0.3) is 0 Å². The Hall–Kier alpha value is -3.08. The number of carbonyl (C=O) groups is 1. The Morgan fingerprint density at radius 3 is 2.29 bits per heavy atom. The molecule has 3 heterocycles. The molecule has 2 fully saturated rings. The Kier molecular flexibility index (Phi) is 6.94. The average Bonchev–Trinajstić information content (AvgIpc) is 3.40. The summed E-state index contributed by atoms with van der Waals surface area (Å²) in [5.41, 5.74) is 1.88. The normalized spacial score (nSPS) is 18.0. The van der Waals surface area contributed by atoms with Gasteiger partial charge in [0.05, 0.1) is 18.1 Å². The Bertz CT molecular complexity index is 1250. The van der Waals surface area contributed by atoms with Crippen molar-refractivity contribution in [2.45, 2.75) is 24.2 Å². The minimum absolute atomic E-state index is 0.0495. The number of hydrogen-bond acceptors (Lipinski definition) is 7. The molecule has 0 atom stereocenters. The lowest BCUT2D eigenvalue weighted by atomic mass is 9.90. The van der Waals surface area contributed by atoms with Gasteiger partial charge >= 0.3 is 11.8 Å². The van der Waals surface area contributed by atoms with Crippen molar-refractivity contribution >= 4 is 15.9 Å². The smallest absolute Gasteiger partial charge is 0.311 e. The monoisotopic (exact) mass is 496 g/mol. The molecule has 0 unspecified atom stereocenters. The summed E-state index contributed by atoms with van der Waals surface area (Å²) in [5, 5.41) is 7.97. The summed E-state index contributed by atoms with van der Waals surface area (Å²) in [5.74, 6) is 0.412. The van der Waals surface area contributed by atoms with Crippen LogP contribution in [0.5, 0.6) is 0 Å². The summed E-state index contributed by atoms with van der Waals surface area (Å²) < 4.78 is 37.9. The van der Waals surface area contributed by atoms with Gasteiger partial charge in [-0.25, -0.2) is 8.42 Å². The molecule has 0 radical (unpaired) electrons. The Balaban J connectivity index is 1.20. The van der Waals surface area contributed by atoms with Crippen LogP contribution < -0.4 is 0 Å². The Morgan fingerprint density at radius 2 is 1.60 bits per heavy atom. The molecule has 0 saturated carbocycles. The van der Waals surface area contributed by atoms with Gasteiger partial charge in [0.2, 0.25) is 15.9 Å². The maximum absolute atomic E-state index is 12.9. The number of benzene rings is 2. The summed E-state index contributed by atoms with van der Waals surface area (Å²) in [6.07, 6.45) is 2.88. The summed E-state index contributed by atoms with van der Waals surface area (Å²) in [6, 6.07) is 16.7. The van der Waals surface area contributed by atoms with E-state index in [1.165, 1.54) is 22.0 Å². The van der Waals surface area contributed by atoms with Crippen molar-refractivity contribution in [3.8, 4) is 11.5 Å². The SMILES string of the molecule is O=C(c1nnc(-c2ccc(S(=O)(=O)N3CCOCC3)cc2)o1)N1CCC(Cc2ccccc2)CC1. The quantitative estimate of drug-likeness (QED) is 0.517. The van der Waals surface area contributed by atoms with E-state index >= 15 is 0 Å². The predicted molar refractivity (Wildman–Crippen MR) is 128 cm³/mol. The second kappa shape index (κ2) is 10.3. The molecule has 5 rings (SSSR count). The van der Waals surface area contributed by atoms with E-state index in [9.17, 15) is 13.2 Å². The average molecular weight is 497 g/mol. The fraction of sp³-hybridized carbons (Fsp3) is 0.400. The molecule has 1 amide bonds. The Morgan fingerprint density at radius 1 is 0.914 bits per heavy atom. The van der Waals surface area contributed by atoms with Gasteiger partial charge in [-0.3, -0.25) is 4.79 Å². The number of hydrogen-bond donors (Lipinski definition) is 0. The molecule has 0 aliphatic carbocycles. The molecular formula is C25H28N4O5S. The summed E-state index contributed by atoms with van der Waals surface area (Å²) >= 11 is 0. The van der Waals surface area contributed by atoms with E-state index in [2.05, 4.69) is 34.5 Å². The van der Waals surface area contributed by atoms with Crippen LogP contribution in [0.25, 0.3) is 11.5 Å². The minimum atomic E-state index is -3.58. The van der Waals surface area contributed by atoms with E-state index in [4.69, 9.17) is 9.15 Å². The predicted octanol–water partition coefficient (Wildman–Crippen LogP) is 2.85. The first-order chi connectivity index (χ1) is 17.0. The number of sulfonamides is 1. The first-order valence-electron chi connectivity index (χ1n) is 11.9. The fourth-order valence-electron chi connectivity index (χ4n) is 4.55. The highest BCUT2D eigenvalue weighted by atomic mass is 32.2. The molecule has 10 heteroatoms. The van der Waals surface area contributed by atoms with Gasteiger partial charge in [0.1, 0.15) is 0 Å². The van der Waals surface area contributed by atoms with Crippen LogP contribution in [0.3, 0.4) is 0 Å². The number of aromatic nitrogens is 2. The molecule has 0 bridgehead atoms. The van der Waals surface area contributed by atoms with E-state index in [1.807, 2.05) is 6.07 Å². The standard InChI is InChI=1S/C25H28N4O5S/c30-25(28-12-10-20(11-13-28)18-19-4-2-1-3-5-19)24-27-26-23(34-24)21-6-8-22(9-7-21)35(31,32)29-14-16-33-17-15-29/h1-9,20H,10-18H2. The molecule has 3 aromatic rings. The van der Waals surface area contributed by atoms with E-state index < -0.39 is 10.0 Å². The van der Waals surface area contributed by atoms with Gasteiger partial charge < -0.3 is 14.1 Å². The van der Waals surface area contributed by atoms with Crippen LogP contribution in [-0.2, 0) is 21.2 Å². The van der Waals surface area contributed by atoms with Crippen LogP contribution in [0.15, 0.2) is 63.9 Å². The van der Waals surface area contributed by atoms with Crippen LogP contribution in [0, 0.1) is 5.92 Å². The topological polar surface area (TPSA) is 106 Å². The lowest BCUT2D eigenvalue weighted by Crippen LogP contribution is -2.40. The third-order valence-electron chi connectivity index (χ3n) is 6.59. The molecule has 2 aliphatic heterocycles. The number of amides is 1. The molecule has 9 nitrogen and oxygen atoms in total. The third-order valence-corrected chi connectivity index (χ3v) is 8.50. The lowest BCUT2D eigenvalue weighted by molar-refractivity contribution is 0.0651. The van der Waals surface area contributed by atoms with Gasteiger partial charge in [0.15, 0.2) is 0 Å². The fourth-order valence-corrected chi connectivity index (χ4v) is 5.96. The molecule has 2 aliphatic rings. The number of piperidine rings is 1. The van der Waals surface area contributed by atoms with Crippen molar-refractivity contribution in [1.29, 1.82) is 0 Å². The number of carbonyl (C=O) groups excluding carboxylic acids is 1. The van der Waals surface area contributed by atoms with Crippen molar-refractivity contribution in [3.63, 3.8) is 0 Å². The molecule has 0 N–H and O–H groups in total. The number of rotatable bonds is 6. The molecule has 0 spiro atoms. The van der Waals surface area contributed by atoms with Crippen LogP contribution in [0.2, 0.25) is 0 Å². The first kappa shape index (κ1) is 23.7. The number of likely N-dealkylation sites (tertiary alicyclic amines) is 1. The van der Waals surface area contributed by atoms with Crippen molar-refractivity contribution in [3.05, 3.63) is 66.1 Å². The molecular weight excluding hydrogens is 468 g/mol. The zero-order valence-corrected chi connectivity index (χ0v) is 20.2. The van der Waals surface area contributed by atoms with E-state index in [0.29, 0.717) is 50.9 Å². The maximum Gasteiger partial charge on any atom is 0.311 e.